The fourth-order valence-electron chi connectivity index (χ4n) is 1.48. The van der Waals surface area contributed by atoms with E-state index < -0.39 is 0 Å². The third kappa shape index (κ3) is 6.90. The highest BCUT2D eigenvalue weighted by Crippen LogP contribution is 2.11. The Morgan fingerprint density at radius 1 is 1.00 bits per heavy atom. The van der Waals surface area contributed by atoms with Crippen LogP contribution >= 0.6 is 0 Å². The van der Waals surface area contributed by atoms with Crippen LogP contribution < -0.4 is 0 Å². The summed E-state index contributed by atoms with van der Waals surface area (Å²) in [5.74, 6) is 0. The number of benzene rings is 1. The zero-order valence-corrected chi connectivity index (χ0v) is 12.1. The lowest BCUT2D eigenvalue weighted by atomic mass is 10.0. The maximum Gasteiger partial charge on any atom is -0.00260 e. The smallest absolute Gasteiger partial charge is 0.00260 e. The molecule has 0 aliphatic carbocycles. The van der Waals surface area contributed by atoms with Gasteiger partial charge in [-0.15, -0.1) is 0 Å². The molecule has 0 aliphatic heterocycles. The van der Waals surface area contributed by atoms with Crippen molar-refractivity contribution >= 4 is 0 Å². The van der Waals surface area contributed by atoms with Crippen LogP contribution in [0.5, 0.6) is 0 Å². The van der Waals surface area contributed by atoms with E-state index in [9.17, 15) is 0 Å². The van der Waals surface area contributed by atoms with Crippen LogP contribution in [0.2, 0.25) is 0 Å². The van der Waals surface area contributed by atoms with E-state index in [4.69, 9.17) is 0 Å². The molecule has 1 rings (SSSR count). The van der Waals surface area contributed by atoms with Gasteiger partial charge >= 0.3 is 0 Å². The van der Waals surface area contributed by atoms with Gasteiger partial charge in [-0.3, -0.25) is 0 Å². The quantitative estimate of drug-likeness (QED) is 0.597. The molecule has 0 unspecified atom stereocenters. The van der Waals surface area contributed by atoms with Crippen LogP contribution in [0.25, 0.3) is 0 Å². The Morgan fingerprint density at radius 3 is 1.89 bits per heavy atom. The molecular weight excluding hydrogens is 216 g/mol. The largest absolute Gasteiger partial charge is 0.0991 e. The topological polar surface area (TPSA) is 0 Å². The summed E-state index contributed by atoms with van der Waals surface area (Å²) in [4.78, 5) is 0. The van der Waals surface area contributed by atoms with Crippen molar-refractivity contribution in [3.05, 3.63) is 72.4 Å². The second-order valence-electron chi connectivity index (χ2n) is 4.24. The Hall–Kier alpha value is -1.56. The molecular formula is C18H26. The molecule has 0 spiro atoms. The minimum atomic E-state index is 0.930. The van der Waals surface area contributed by atoms with E-state index in [-0.39, 0.29) is 0 Å². The Kier molecular flexibility index (Phi) is 9.67. The summed E-state index contributed by atoms with van der Waals surface area (Å²) >= 11 is 0. The average molecular weight is 242 g/mol. The summed E-state index contributed by atoms with van der Waals surface area (Å²) in [7, 11) is 0. The lowest BCUT2D eigenvalue weighted by Gasteiger charge is -2.03. The van der Waals surface area contributed by atoms with E-state index in [2.05, 4.69) is 58.2 Å². The standard InChI is InChI=1S/C15H18.C3H8/c1-4-7-14(6-3)12-15-10-8-13(5-2)9-11-15;1-3-2/h4,6-11H,1,3,5,12H2,2H3;3H2,1-2H3/b14-7+;. The van der Waals surface area contributed by atoms with Crippen LogP contribution in [0.15, 0.2) is 61.2 Å². The third-order valence-corrected chi connectivity index (χ3v) is 2.43. The highest BCUT2D eigenvalue weighted by atomic mass is 14.0. The van der Waals surface area contributed by atoms with E-state index in [1.165, 1.54) is 23.1 Å². The first-order valence-corrected chi connectivity index (χ1v) is 6.73. The SMILES string of the molecule is C=C/C=C(\C=C)Cc1ccc(CC)cc1.CCC. The van der Waals surface area contributed by atoms with Gasteiger partial charge in [0.25, 0.3) is 0 Å². The first-order chi connectivity index (χ1) is 8.71. The molecule has 0 radical (unpaired) electrons. The minimum absolute atomic E-state index is 0.930. The van der Waals surface area contributed by atoms with Gasteiger partial charge in [0.15, 0.2) is 0 Å². The molecule has 0 fully saturated rings. The molecule has 0 amide bonds. The molecule has 0 saturated carbocycles. The van der Waals surface area contributed by atoms with Gasteiger partial charge in [0, 0.05) is 0 Å². The third-order valence-electron chi connectivity index (χ3n) is 2.43. The zero-order chi connectivity index (χ0) is 13.8. The number of allylic oxidation sites excluding steroid dienone is 4. The van der Waals surface area contributed by atoms with Crippen molar-refractivity contribution < 1.29 is 0 Å². The number of hydrogen-bond donors (Lipinski definition) is 0. The monoisotopic (exact) mass is 242 g/mol. The molecule has 0 saturated heterocycles. The Morgan fingerprint density at radius 2 is 1.50 bits per heavy atom. The fraction of sp³-hybridized carbons (Fsp3) is 0.333. The Bertz CT molecular complexity index is 366. The van der Waals surface area contributed by atoms with E-state index in [0.29, 0.717) is 0 Å². The van der Waals surface area contributed by atoms with Crippen molar-refractivity contribution in [2.24, 2.45) is 0 Å². The highest BCUT2D eigenvalue weighted by molar-refractivity contribution is 5.31. The summed E-state index contributed by atoms with van der Waals surface area (Å²) in [6.45, 7) is 13.9. The molecule has 0 nitrogen and oxygen atoms in total. The molecule has 0 aliphatic rings. The normalized spacial score (nSPS) is 10.3. The summed E-state index contributed by atoms with van der Waals surface area (Å²) in [5.41, 5.74) is 3.90. The van der Waals surface area contributed by atoms with Crippen molar-refractivity contribution in [1.29, 1.82) is 0 Å². The maximum absolute atomic E-state index is 3.79. The van der Waals surface area contributed by atoms with E-state index in [1.807, 2.05) is 12.2 Å². The molecule has 98 valence electrons. The lowest BCUT2D eigenvalue weighted by Crippen LogP contribution is -1.88. The van der Waals surface area contributed by atoms with Crippen LogP contribution in [0.3, 0.4) is 0 Å². The van der Waals surface area contributed by atoms with Crippen LogP contribution in [0.1, 0.15) is 38.3 Å². The number of aryl methyl sites for hydroxylation is 1. The molecule has 0 heterocycles. The zero-order valence-electron chi connectivity index (χ0n) is 12.1. The second-order valence-corrected chi connectivity index (χ2v) is 4.24. The van der Waals surface area contributed by atoms with Gasteiger partial charge < -0.3 is 0 Å². The van der Waals surface area contributed by atoms with Crippen molar-refractivity contribution in [2.45, 2.75) is 40.0 Å². The molecule has 1 aromatic carbocycles. The minimum Gasteiger partial charge on any atom is -0.0991 e. The number of rotatable bonds is 5. The van der Waals surface area contributed by atoms with E-state index >= 15 is 0 Å². The highest BCUT2D eigenvalue weighted by Gasteiger charge is 1.95. The Balaban J connectivity index is 0.000000873. The molecule has 0 bridgehead atoms. The summed E-state index contributed by atoms with van der Waals surface area (Å²) in [6.07, 6.45) is 8.96. The summed E-state index contributed by atoms with van der Waals surface area (Å²) in [6, 6.07) is 8.73. The predicted molar refractivity (Wildman–Crippen MR) is 84.0 cm³/mol. The molecule has 0 N–H and O–H groups in total. The van der Waals surface area contributed by atoms with Crippen molar-refractivity contribution in [2.75, 3.05) is 0 Å². The predicted octanol–water partition coefficient (Wildman–Crippen LogP) is 5.51. The van der Waals surface area contributed by atoms with Crippen molar-refractivity contribution in [3.63, 3.8) is 0 Å². The summed E-state index contributed by atoms with van der Waals surface area (Å²) < 4.78 is 0. The average Bonchev–Trinajstić information content (AvgIpc) is 2.40. The van der Waals surface area contributed by atoms with E-state index in [1.54, 1.807) is 6.08 Å². The van der Waals surface area contributed by atoms with Crippen molar-refractivity contribution in [3.8, 4) is 0 Å². The number of hydrogen-bond acceptors (Lipinski definition) is 0. The fourth-order valence-corrected chi connectivity index (χ4v) is 1.48. The van der Waals surface area contributed by atoms with Crippen LogP contribution in [0, 0.1) is 0 Å². The maximum atomic E-state index is 3.79. The van der Waals surface area contributed by atoms with Gasteiger partial charge in [-0.25, -0.2) is 0 Å². The molecule has 1 aromatic rings. The first kappa shape index (κ1) is 16.4. The van der Waals surface area contributed by atoms with Gasteiger partial charge in [-0.2, -0.15) is 0 Å². The Labute approximate surface area is 113 Å². The van der Waals surface area contributed by atoms with Gasteiger partial charge in [-0.05, 0) is 29.5 Å². The summed E-state index contributed by atoms with van der Waals surface area (Å²) in [5, 5.41) is 0. The molecule has 0 atom stereocenters. The van der Waals surface area contributed by atoms with E-state index in [0.717, 1.165) is 12.8 Å². The lowest BCUT2D eigenvalue weighted by molar-refractivity contribution is 1.09. The van der Waals surface area contributed by atoms with Gasteiger partial charge in [0.05, 0.1) is 0 Å². The van der Waals surface area contributed by atoms with Crippen LogP contribution in [-0.4, -0.2) is 0 Å². The van der Waals surface area contributed by atoms with Crippen LogP contribution in [0.4, 0.5) is 0 Å². The van der Waals surface area contributed by atoms with Crippen molar-refractivity contribution in [1.82, 2.24) is 0 Å². The van der Waals surface area contributed by atoms with Gasteiger partial charge in [0.1, 0.15) is 0 Å². The molecule has 18 heavy (non-hydrogen) atoms. The van der Waals surface area contributed by atoms with Gasteiger partial charge in [0.2, 0.25) is 0 Å². The second kappa shape index (κ2) is 10.6. The molecule has 0 aromatic heterocycles. The molecule has 0 heteroatoms. The first-order valence-electron chi connectivity index (χ1n) is 6.73. The van der Waals surface area contributed by atoms with Crippen LogP contribution in [-0.2, 0) is 12.8 Å². The van der Waals surface area contributed by atoms with Gasteiger partial charge in [-0.1, -0.05) is 82.8 Å².